The van der Waals surface area contributed by atoms with Gasteiger partial charge in [-0.1, -0.05) is 19.3 Å². The van der Waals surface area contributed by atoms with E-state index in [9.17, 15) is 4.79 Å². The van der Waals surface area contributed by atoms with Crippen LogP contribution in [0.25, 0.3) is 10.6 Å². The van der Waals surface area contributed by atoms with Crippen LogP contribution in [0.2, 0.25) is 0 Å². The molecule has 5 nitrogen and oxygen atoms in total. The molecule has 6 heteroatoms. The molecule has 0 bridgehead atoms. The molecule has 1 saturated carbocycles. The molecule has 0 radical (unpaired) electrons. The SMILES string of the molecule is COc1ccc(-c2nc(CC(=O)N(C)C3CCCCC3)cs2)cc1OC. The smallest absolute Gasteiger partial charge is 0.228 e. The third-order valence-electron chi connectivity index (χ3n) is 5.03. The van der Waals surface area contributed by atoms with Crippen LogP contribution in [0.5, 0.6) is 11.5 Å². The second-order valence-electron chi connectivity index (χ2n) is 6.69. The molecule has 0 N–H and O–H groups in total. The Balaban J connectivity index is 1.68. The van der Waals surface area contributed by atoms with Gasteiger partial charge in [-0.15, -0.1) is 11.3 Å². The minimum Gasteiger partial charge on any atom is -0.493 e. The number of rotatable bonds is 6. The number of carbonyl (C=O) groups is 1. The van der Waals surface area contributed by atoms with Crippen molar-refractivity contribution in [1.82, 2.24) is 9.88 Å². The van der Waals surface area contributed by atoms with Crippen molar-refractivity contribution in [1.29, 1.82) is 0 Å². The van der Waals surface area contributed by atoms with Crippen LogP contribution in [-0.4, -0.2) is 43.1 Å². The summed E-state index contributed by atoms with van der Waals surface area (Å²) >= 11 is 1.55. The number of thiazole rings is 1. The molecule has 1 aliphatic rings. The zero-order valence-corrected chi connectivity index (χ0v) is 16.5. The lowest BCUT2D eigenvalue weighted by molar-refractivity contribution is -0.131. The standard InChI is InChI=1S/C20H26N2O3S/c1-22(16-7-5-4-6-8-16)19(23)12-15-13-26-20(21-15)14-9-10-17(24-2)18(11-14)25-3/h9-11,13,16H,4-8,12H2,1-3H3. The highest BCUT2D eigenvalue weighted by Gasteiger charge is 2.22. The van der Waals surface area contributed by atoms with Crippen molar-refractivity contribution in [2.24, 2.45) is 0 Å². The highest BCUT2D eigenvalue weighted by molar-refractivity contribution is 7.13. The summed E-state index contributed by atoms with van der Waals surface area (Å²) in [5, 5.41) is 2.85. The van der Waals surface area contributed by atoms with Crippen LogP contribution in [0.1, 0.15) is 37.8 Å². The first-order valence-electron chi connectivity index (χ1n) is 9.05. The second kappa shape index (κ2) is 8.54. The van der Waals surface area contributed by atoms with Gasteiger partial charge in [0.15, 0.2) is 11.5 Å². The number of methoxy groups -OCH3 is 2. The molecule has 0 spiro atoms. The van der Waals surface area contributed by atoms with Crippen LogP contribution in [0.4, 0.5) is 0 Å². The summed E-state index contributed by atoms with van der Waals surface area (Å²) in [4.78, 5) is 19.2. The van der Waals surface area contributed by atoms with E-state index in [0.717, 1.165) is 29.1 Å². The van der Waals surface area contributed by atoms with Crippen molar-refractivity contribution < 1.29 is 14.3 Å². The number of ether oxygens (including phenoxy) is 2. The highest BCUT2D eigenvalue weighted by Crippen LogP contribution is 2.33. The number of hydrogen-bond donors (Lipinski definition) is 0. The third-order valence-corrected chi connectivity index (χ3v) is 5.97. The Kier molecular flexibility index (Phi) is 6.14. The van der Waals surface area contributed by atoms with Gasteiger partial charge in [-0.25, -0.2) is 4.98 Å². The Morgan fingerprint density at radius 3 is 2.62 bits per heavy atom. The fourth-order valence-electron chi connectivity index (χ4n) is 3.44. The first-order valence-corrected chi connectivity index (χ1v) is 9.92. The predicted octanol–water partition coefficient (Wildman–Crippen LogP) is 4.16. The molecule has 3 rings (SSSR count). The first kappa shape index (κ1) is 18.7. The lowest BCUT2D eigenvalue weighted by Gasteiger charge is -2.31. The van der Waals surface area contributed by atoms with E-state index < -0.39 is 0 Å². The lowest BCUT2D eigenvalue weighted by atomic mass is 9.94. The zero-order chi connectivity index (χ0) is 18.5. The molecule has 26 heavy (non-hydrogen) atoms. The molecule has 0 aliphatic heterocycles. The van der Waals surface area contributed by atoms with Crippen LogP contribution in [0, 0.1) is 0 Å². The summed E-state index contributed by atoms with van der Waals surface area (Å²) in [5.74, 6) is 1.52. The lowest BCUT2D eigenvalue weighted by Crippen LogP contribution is -2.39. The summed E-state index contributed by atoms with van der Waals surface area (Å²) in [6, 6.07) is 6.13. The second-order valence-corrected chi connectivity index (χ2v) is 7.55. The number of hydrogen-bond acceptors (Lipinski definition) is 5. The van der Waals surface area contributed by atoms with Crippen LogP contribution >= 0.6 is 11.3 Å². The van der Waals surface area contributed by atoms with E-state index in [1.165, 1.54) is 19.3 Å². The van der Waals surface area contributed by atoms with Gasteiger partial charge in [0, 0.05) is 24.0 Å². The van der Waals surface area contributed by atoms with Crippen molar-refractivity contribution in [2.45, 2.75) is 44.6 Å². The van der Waals surface area contributed by atoms with Crippen molar-refractivity contribution >= 4 is 17.2 Å². The topological polar surface area (TPSA) is 51.7 Å². The van der Waals surface area contributed by atoms with Gasteiger partial charge < -0.3 is 14.4 Å². The van der Waals surface area contributed by atoms with Gasteiger partial charge in [0.05, 0.1) is 26.3 Å². The van der Waals surface area contributed by atoms with Crippen molar-refractivity contribution in [3.8, 4) is 22.1 Å². The molecule has 2 aromatic rings. The Morgan fingerprint density at radius 1 is 1.19 bits per heavy atom. The Bertz CT molecular complexity index is 753. The average Bonchev–Trinajstić information content (AvgIpc) is 3.15. The van der Waals surface area contributed by atoms with Gasteiger partial charge in [0.1, 0.15) is 5.01 Å². The quantitative estimate of drug-likeness (QED) is 0.762. The van der Waals surface area contributed by atoms with Crippen molar-refractivity contribution in [3.05, 3.63) is 29.3 Å². The van der Waals surface area contributed by atoms with Crippen molar-refractivity contribution in [2.75, 3.05) is 21.3 Å². The van der Waals surface area contributed by atoms with Crippen LogP contribution < -0.4 is 9.47 Å². The van der Waals surface area contributed by atoms with Crippen LogP contribution in [0.3, 0.4) is 0 Å². The molecule has 0 atom stereocenters. The number of nitrogens with zero attached hydrogens (tertiary/aromatic N) is 2. The van der Waals surface area contributed by atoms with Gasteiger partial charge in [0.2, 0.25) is 5.91 Å². The Morgan fingerprint density at radius 2 is 1.92 bits per heavy atom. The van der Waals surface area contributed by atoms with Gasteiger partial charge in [-0.2, -0.15) is 0 Å². The first-order chi connectivity index (χ1) is 12.6. The van der Waals surface area contributed by atoms with Crippen LogP contribution in [0.15, 0.2) is 23.6 Å². The largest absolute Gasteiger partial charge is 0.493 e. The van der Waals surface area contributed by atoms with E-state index in [4.69, 9.17) is 9.47 Å². The van der Waals surface area contributed by atoms with E-state index >= 15 is 0 Å². The summed E-state index contributed by atoms with van der Waals surface area (Å²) in [5.41, 5.74) is 1.79. The summed E-state index contributed by atoms with van der Waals surface area (Å²) < 4.78 is 10.6. The summed E-state index contributed by atoms with van der Waals surface area (Å²) in [7, 11) is 5.17. The molecular weight excluding hydrogens is 348 g/mol. The van der Waals surface area contributed by atoms with E-state index in [2.05, 4.69) is 4.98 Å². The van der Waals surface area contributed by atoms with Gasteiger partial charge >= 0.3 is 0 Å². The molecule has 0 unspecified atom stereocenters. The monoisotopic (exact) mass is 374 g/mol. The number of carbonyl (C=O) groups excluding carboxylic acids is 1. The molecule has 1 aliphatic carbocycles. The third kappa shape index (κ3) is 4.18. The maximum Gasteiger partial charge on any atom is 0.228 e. The predicted molar refractivity (Wildman–Crippen MR) is 104 cm³/mol. The van der Waals surface area contributed by atoms with Crippen molar-refractivity contribution in [3.63, 3.8) is 0 Å². The molecule has 1 aromatic heterocycles. The molecule has 1 aromatic carbocycles. The number of aromatic nitrogens is 1. The zero-order valence-electron chi connectivity index (χ0n) is 15.7. The molecular formula is C20H26N2O3S. The van der Waals surface area contributed by atoms with E-state index in [0.29, 0.717) is 24.0 Å². The number of benzene rings is 1. The fourth-order valence-corrected chi connectivity index (χ4v) is 4.26. The van der Waals surface area contributed by atoms with Gasteiger partial charge in [-0.3, -0.25) is 4.79 Å². The van der Waals surface area contributed by atoms with E-state index in [1.54, 1.807) is 25.6 Å². The summed E-state index contributed by atoms with van der Waals surface area (Å²) in [6.07, 6.45) is 6.34. The summed E-state index contributed by atoms with van der Waals surface area (Å²) in [6.45, 7) is 0. The van der Waals surface area contributed by atoms with E-state index in [1.807, 2.05) is 35.5 Å². The van der Waals surface area contributed by atoms with Crippen LogP contribution in [-0.2, 0) is 11.2 Å². The maximum atomic E-state index is 12.6. The molecule has 1 heterocycles. The molecule has 1 amide bonds. The minimum absolute atomic E-state index is 0.154. The molecule has 140 valence electrons. The number of amides is 1. The Labute approximate surface area is 159 Å². The van der Waals surface area contributed by atoms with E-state index in [-0.39, 0.29) is 5.91 Å². The normalized spacial score (nSPS) is 14.9. The Hall–Kier alpha value is -2.08. The number of likely N-dealkylation sites (N-methyl/N-ethyl adjacent to an activating group) is 1. The maximum absolute atomic E-state index is 12.6. The molecule has 0 saturated heterocycles. The average molecular weight is 375 g/mol. The molecule has 1 fully saturated rings. The highest BCUT2D eigenvalue weighted by atomic mass is 32.1. The minimum atomic E-state index is 0.154. The van der Waals surface area contributed by atoms with Gasteiger partial charge in [-0.05, 0) is 31.0 Å². The fraction of sp³-hybridized carbons (Fsp3) is 0.500. The van der Waals surface area contributed by atoms with Gasteiger partial charge in [0.25, 0.3) is 0 Å².